The maximum atomic E-state index is 10.4. The van der Waals surface area contributed by atoms with Crippen molar-refractivity contribution in [1.29, 1.82) is 0 Å². The van der Waals surface area contributed by atoms with Gasteiger partial charge in [-0.15, -0.1) is 0 Å². The second-order valence-corrected chi connectivity index (χ2v) is 3.81. The molecule has 0 bridgehead atoms. The van der Waals surface area contributed by atoms with Gasteiger partial charge in [-0.3, -0.25) is 4.79 Å². The minimum absolute atomic E-state index is 0.103. The van der Waals surface area contributed by atoms with Gasteiger partial charge in [-0.1, -0.05) is 0 Å². The lowest BCUT2D eigenvalue weighted by Crippen LogP contribution is -2.12. The monoisotopic (exact) mass is 223 g/mol. The molecule has 0 radical (unpaired) electrons. The number of aliphatic carboxylic acids is 1. The molecule has 0 spiro atoms. The van der Waals surface area contributed by atoms with E-state index in [9.17, 15) is 4.79 Å². The molecule has 0 saturated heterocycles. The van der Waals surface area contributed by atoms with E-state index in [1.54, 1.807) is 12.3 Å². The lowest BCUT2D eigenvalue weighted by atomic mass is 10.2. The van der Waals surface area contributed by atoms with Gasteiger partial charge in [0.05, 0.1) is 11.1 Å². The average molecular weight is 223 g/mol. The summed E-state index contributed by atoms with van der Waals surface area (Å²) < 4.78 is 4.18. The molecule has 0 saturated carbocycles. The summed E-state index contributed by atoms with van der Waals surface area (Å²) in [6.45, 7) is 1.78. The van der Waals surface area contributed by atoms with Crippen LogP contribution in [0.2, 0.25) is 0 Å². The fourth-order valence-electron chi connectivity index (χ4n) is 1.34. The number of nitrogens with zero attached hydrogens (tertiary/aromatic N) is 2. The number of hydrogen-bond acceptors (Lipinski definition) is 5. The minimum atomic E-state index is -0.888. The van der Waals surface area contributed by atoms with Gasteiger partial charge in [-0.2, -0.15) is 4.37 Å². The van der Waals surface area contributed by atoms with E-state index in [-0.39, 0.29) is 6.54 Å². The molecule has 78 valence electrons. The Kier molecular flexibility index (Phi) is 2.51. The third kappa shape index (κ3) is 1.89. The van der Waals surface area contributed by atoms with Crippen molar-refractivity contribution in [3.05, 3.63) is 18.0 Å². The molecule has 6 heteroatoms. The van der Waals surface area contributed by atoms with Crippen molar-refractivity contribution in [2.75, 3.05) is 11.9 Å². The summed E-state index contributed by atoms with van der Waals surface area (Å²) in [5.41, 5.74) is 1.64. The summed E-state index contributed by atoms with van der Waals surface area (Å²) in [7, 11) is 0. The van der Waals surface area contributed by atoms with Crippen molar-refractivity contribution in [2.24, 2.45) is 0 Å². The number of pyridine rings is 1. The van der Waals surface area contributed by atoms with Gasteiger partial charge in [0.1, 0.15) is 11.4 Å². The minimum Gasteiger partial charge on any atom is -0.480 e. The predicted octanol–water partition coefficient (Wildman–Crippen LogP) is 1.50. The Morgan fingerprint density at radius 2 is 2.47 bits per heavy atom. The number of fused-ring (bicyclic) bond motifs is 1. The Bertz CT molecular complexity index is 509. The van der Waals surface area contributed by atoms with Crippen molar-refractivity contribution < 1.29 is 9.90 Å². The van der Waals surface area contributed by atoms with Crippen LogP contribution >= 0.6 is 11.5 Å². The third-order valence-electron chi connectivity index (χ3n) is 1.98. The molecule has 2 aromatic heterocycles. The fourth-order valence-corrected chi connectivity index (χ4v) is 2.11. The van der Waals surface area contributed by atoms with E-state index in [2.05, 4.69) is 14.7 Å². The highest BCUT2D eigenvalue weighted by molar-refractivity contribution is 7.13. The molecule has 0 aromatic carbocycles. The van der Waals surface area contributed by atoms with Crippen molar-refractivity contribution in [3.8, 4) is 0 Å². The normalized spacial score (nSPS) is 10.5. The average Bonchev–Trinajstić information content (AvgIpc) is 2.58. The van der Waals surface area contributed by atoms with E-state index >= 15 is 0 Å². The van der Waals surface area contributed by atoms with E-state index in [1.807, 2.05) is 6.92 Å². The zero-order chi connectivity index (χ0) is 10.8. The number of aromatic nitrogens is 2. The molecular weight excluding hydrogens is 214 g/mol. The number of carbonyl (C=O) groups is 1. The maximum Gasteiger partial charge on any atom is 0.322 e. The van der Waals surface area contributed by atoms with Crippen LogP contribution in [-0.4, -0.2) is 27.0 Å². The molecule has 0 fully saturated rings. The van der Waals surface area contributed by atoms with Crippen LogP contribution in [0, 0.1) is 6.92 Å². The number of anilines is 1. The van der Waals surface area contributed by atoms with Crippen LogP contribution in [0.3, 0.4) is 0 Å². The Hall–Kier alpha value is -1.69. The number of nitrogens with one attached hydrogen (secondary N) is 1. The zero-order valence-corrected chi connectivity index (χ0v) is 8.84. The summed E-state index contributed by atoms with van der Waals surface area (Å²) in [6.07, 6.45) is 1.64. The Labute approximate surface area is 89.9 Å². The van der Waals surface area contributed by atoms with E-state index in [0.717, 1.165) is 21.6 Å². The van der Waals surface area contributed by atoms with Crippen LogP contribution in [0.1, 0.15) is 5.69 Å². The summed E-state index contributed by atoms with van der Waals surface area (Å²) in [5, 5.41) is 12.3. The van der Waals surface area contributed by atoms with Gasteiger partial charge in [-0.25, -0.2) is 4.98 Å². The number of aryl methyl sites for hydroxylation is 1. The smallest absolute Gasteiger partial charge is 0.322 e. The lowest BCUT2D eigenvalue weighted by molar-refractivity contribution is -0.134. The molecule has 0 unspecified atom stereocenters. The van der Waals surface area contributed by atoms with Crippen molar-refractivity contribution in [3.63, 3.8) is 0 Å². The molecule has 0 amide bonds. The SMILES string of the molecule is Cc1nsc2nccc(NCC(=O)O)c12. The molecule has 2 rings (SSSR count). The van der Waals surface area contributed by atoms with Crippen molar-refractivity contribution in [1.82, 2.24) is 9.36 Å². The summed E-state index contributed by atoms with van der Waals surface area (Å²) in [6, 6.07) is 1.76. The molecule has 2 heterocycles. The summed E-state index contributed by atoms with van der Waals surface area (Å²) >= 11 is 1.31. The van der Waals surface area contributed by atoms with Gasteiger partial charge in [-0.05, 0) is 24.5 Å². The first-order valence-electron chi connectivity index (χ1n) is 4.35. The predicted molar refractivity (Wildman–Crippen MR) is 58.3 cm³/mol. The highest BCUT2D eigenvalue weighted by Crippen LogP contribution is 2.27. The largest absolute Gasteiger partial charge is 0.480 e. The highest BCUT2D eigenvalue weighted by Gasteiger charge is 2.08. The number of rotatable bonds is 3. The highest BCUT2D eigenvalue weighted by atomic mass is 32.1. The Morgan fingerprint density at radius 1 is 1.67 bits per heavy atom. The summed E-state index contributed by atoms with van der Waals surface area (Å²) in [4.78, 5) is 15.4. The third-order valence-corrected chi connectivity index (χ3v) is 2.82. The quantitative estimate of drug-likeness (QED) is 0.824. The number of carboxylic acids is 1. The number of hydrogen-bond donors (Lipinski definition) is 2. The zero-order valence-electron chi connectivity index (χ0n) is 8.02. The standard InChI is InChI=1S/C9H9N3O2S/c1-5-8-6(11-4-7(13)14)2-3-10-9(8)15-12-5/h2-3H,4H2,1H3,(H,10,11)(H,13,14). The molecular formula is C9H9N3O2S. The van der Waals surface area contributed by atoms with Gasteiger partial charge in [0, 0.05) is 11.9 Å². The van der Waals surface area contributed by atoms with Gasteiger partial charge in [0.2, 0.25) is 0 Å². The second-order valence-electron chi connectivity index (χ2n) is 3.05. The van der Waals surface area contributed by atoms with Crippen LogP contribution in [0.5, 0.6) is 0 Å². The molecule has 15 heavy (non-hydrogen) atoms. The van der Waals surface area contributed by atoms with Crippen LogP contribution in [-0.2, 0) is 4.79 Å². The first-order chi connectivity index (χ1) is 7.18. The van der Waals surface area contributed by atoms with Gasteiger partial charge < -0.3 is 10.4 Å². The number of carboxylic acid groups (broad SMARTS) is 1. The van der Waals surface area contributed by atoms with Gasteiger partial charge >= 0.3 is 5.97 Å². The van der Waals surface area contributed by atoms with E-state index in [4.69, 9.17) is 5.11 Å². The first kappa shape index (κ1) is 9.85. The van der Waals surface area contributed by atoms with Crippen molar-refractivity contribution >= 4 is 33.4 Å². The molecule has 2 aromatic rings. The second kappa shape index (κ2) is 3.82. The molecule has 0 aliphatic heterocycles. The molecule has 2 N–H and O–H groups in total. The molecule has 0 atom stereocenters. The van der Waals surface area contributed by atoms with E-state index in [1.165, 1.54) is 11.5 Å². The van der Waals surface area contributed by atoms with Crippen LogP contribution in [0.15, 0.2) is 12.3 Å². The van der Waals surface area contributed by atoms with Crippen molar-refractivity contribution in [2.45, 2.75) is 6.92 Å². The summed E-state index contributed by atoms with van der Waals surface area (Å²) in [5.74, 6) is -0.888. The first-order valence-corrected chi connectivity index (χ1v) is 5.12. The van der Waals surface area contributed by atoms with Gasteiger partial charge in [0.15, 0.2) is 0 Å². The van der Waals surface area contributed by atoms with Crippen LogP contribution in [0.4, 0.5) is 5.69 Å². The van der Waals surface area contributed by atoms with Crippen LogP contribution < -0.4 is 5.32 Å². The van der Waals surface area contributed by atoms with E-state index in [0.29, 0.717) is 0 Å². The molecule has 0 aliphatic carbocycles. The lowest BCUT2D eigenvalue weighted by Gasteiger charge is -2.04. The van der Waals surface area contributed by atoms with E-state index < -0.39 is 5.97 Å². The Balaban J connectivity index is 2.41. The Morgan fingerprint density at radius 3 is 3.20 bits per heavy atom. The molecule has 0 aliphatic rings. The maximum absolute atomic E-state index is 10.4. The molecule has 5 nitrogen and oxygen atoms in total. The van der Waals surface area contributed by atoms with Gasteiger partial charge in [0.25, 0.3) is 0 Å². The fraction of sp³-hybridized carbons (Fsp3) is 0.222. The van der Waals surface area contributed by atoms with Crippen LogP contribution in [0.25, 0.3) is 10.2 Å². The topological polar surface area (TPSA) is 75.1 Å².